The van der Waals surface area contributed by atoms with E-state index >= 15 is 0 Å². The molecule has 0 unspecified atom stereocenters. The molecule has 9 nitrogen and oxygen atoms in total. The van der Waals surface area contributed by atoms with Gasteiger partial charge in [-0.1, -0.05) is 0 Å². The SMILES string of the molecule is CC(C)Nc1cncc(-c2cc3c(-c4nc5c(-c6cc(F)cc(CCCN7CCCC7)c6)nccc5[nH]4)n[nH]c3cn2)c1. The second-order valence-corrected chi connectivity index (χ2v) is 11.6. The van der Waals surface area contributed by atoms with Crippen molar-refractivity contribution in [3.63, 3.8) is 0 Å². The third-order valence-electron chi connectivity index (χ3n) is 7.93. The van der Waals surface area contributed by atoms with Crippen LogP contribution in [0.15, 0.2) is 61.2 Å². The number of aromatic amines is 2. The third-order valence-corrected chi connectivity index (χ3v) is 7.93. The Labute approximate surface area is 249 Å². The molecule has 5 aromatic heterocycles. The van der Waals surface area contributed by atoms with Crippen molar-refractivity contribution in [2.24, 2.45) is 0 Å². The van der Waals surface area contributed by atoms with E-state index in [9.17, 15) is 4.39 Å². The summed E-state index contributed by atoms with van der Waals surface area (Å²) < 4.78 is 14.8. The van der Waals surface area contributed by atoms with Gasteiger partial charge in [-0.2, -0.15) is 5.10 Å². The van der Waals surface area contributed by atoms with Gasteiger partial charge in [0.2, 0.25) is 0 Å². The molecule has 1 fully saturated rings. The van der Waals surface area contributed by atoms with Crippen LogP contribution in [0.2, 0.25) is 0 Å². The van der Waals surface area contributed by atoms with Gasteiger partial charge < -0.3 is 15.2 Å². The van der Waals surface area contributed by atoms with Gasteiger partial charge in [0, 0.05) is 41.1 Å². The van der Waals surface area contributed by atoms with Gasteiger partial charge in [0.25, 0.3) is 0 Å². The molecule has 6 aromatic rings. The first-order valence-electron chi connectivity index (χ1n) is 14.9. The zero-order valence-corrected chi connectivity index (χ0v) is 24.4. The smallest absolute Gasteiger partial charge is 0.159 e. The first kappa shape index (κ1) is 27.2. The molecule has 0 spiro atoms. The van der Waals surface area contributed by atoms with Crippen molar-refractivity contribution >= 4 is 27.6 Å². The molecule has 0 amide bonds. The van der Waals surface area contributed by atoms with E-state index in [1.165, 1.54) is 32.0 Å². The standard InChI is InChI=1S/C33H34FN9/c1-20(2)38-25-15-23(17-35-18-25)28-16-26-29(19-37-28)41-42-31(26)33-39-27-7-8-36-30(32(27)40-33)22-12-21(13-24(34)14-22)6-5-11-43-9-3-4-10-43/h7-8,12-20,38H,3-6,9-11H2,1-2H3,(H,39,40)(H,41,42). The number of nitrogens with zero attached hydrogens (tertiary/aromatic N) is 6. The van der Waals surface area contributed by atoms with E-state index in [2.05, 4.69) is 54.2 Å². The molecule has 0 radical (unpaired) electrons. The van der Waals surface area contributed by atoms with Crippen LogP contribution < -0.4 is 5.32 Å². The van der Waals surface area contributed by atoms with Gasteiger partial charge in [-0.15, -0.1) is 0 Å². The van der Waals surface area contributed by atoms with Gasteiger partial charge in [-0.25, -0.2) is 9.37 Å². The lowest BCUT2D eigenvalue weighted by Crippen LogP contribution is -2.20. The highest BCUT2D eigenvalue weighted by Crippen LogP contribution is 2.32. The molecule has 43 heavy (non-hydrogen) atoms. The highest BCUT2D eigenvalue weighted by Gasteiger charge is 2.18. The number of pyridine rings is 3. The lowest BCUT2D eigenvalue weighted by Gasteiger charge is -2.14. The summed E-state index contributed by atoms with van der Waals surface area (Å²) in [6.45, 7) is 7.57. The molecular formula is C33H34FN9. The molecule has 10 heteroatoms. The van der Waals surface area contributed by atoms with Crippen LogP contribution in [-0.2, 0) is 6.42 Å². The van der Waals surface area contributed by atoms with E-state index in [1.807, 2.05) is 30.5 Å². The summed E-state index contributed by atoms with van der Waals surface area (Å²) in [4.78, 5) is 24.5. The quantitative estimate of drug-likeness (QED) is 0.178. The fourth-order valence-electron chi connectivity index (χ4n) is 5.95. The van der Waals surface area contributed by atoms with Crippen LogP contribution in [-0.4, -0.2) is 65.7 Å². The molecular weight excluding hydrogens is 541 g/mol. The number of H-pyrrole nitrogens is 2. The molecule has 0 aliphatic carbocycles. The topological polar surface area (TPSA) is 111 Å². The lowest BCUT2D eigenvalue weighted by atomic mass is 10.0. The number of hydrogen-bond acceptors (Lipinski definition) is 7. The molecule has 218 valence electrons. The number of benzene rings is 1. The monoisotopic (exact) mass is 575 g/mol. The second kappa shape index (κ2) is 11.5. The van der Waals surface area contributed by atoms with Crippen LogP contribution in [0.25, 0.3) is 56.0 Å². The largest absolute Gasteiger partial charge is 0.382 e. The summed E-state index contributed by atoms with van der Waals surface area (Å²) in [5, 5.41) is 11.9. The number of aryl methyl sites for hydroxylation is 1. The van der Waals surface area contributed by atoms with Gasteiger partial charge in [-0.05, 0) is 101 Å². The minimum atomic E-state index is -0.260. The first-order chi connectivity index (χ1) is 21.0. The number of anilines is 1. The fraction of sp³-hybridized carbons (Fsp3) is 0.303. The van der Waals surface area contributed by atoms with E-state index in [0.717, 1.165) is 63.9 Å². The average Bonchev–Trinajstić information content (AvgIpc) is 3.76. The van der Waals surface area contributed by atoms with Crippen LogP contribution >= 0.6 is 0 Å². The molecule has 7 rings (SSSR count). The number of rotatable bonds is 9. The van der Waals surface area contributed by atoms with Crippen molar-refractivity contribution in [3.8, 4) is 34.0 Å². The molecule has 1 aliphatic heterocycles. The zero-order chi connectivity index (χ0) is 29.3. The number of fused-ring (bicyclic) bond motifs is 2. The molecule has 0 saturated carbocycles. The van der Waals surface area contributed by atoms with Gasteiger partial charge in [0.05, 0.1) is 34.3 Å². The van der Waals surface area contributed by atoms with Gasteiger partial charge in [0.15, 0.2) is 5.82 Å². The summed E-state index contributed by atoms with van der Waals surface area (Å²) in [5.74, 6) is 0.340. The Kier molecular flexibility index (Phi) is 7.28. The Bertz CT molecular complexity index is 1900. The van der Waals surface area contributed by atoms with Crippen molar-refractivity contribution < 1.29 is 4.39 Å². The van der Waals surface area contributed by atoms with Gasteiger partial charge in [-0.3, -0.25) is 20.1 Å². The van der Waals surface area contributed by atoms with E-state index < -0.39 is 0 Å². The Morgan fingerprint density at radius 1 is 0.953 bits per heavy atom. The maximum Gasteiger partial charge on any atom is 0.159 e. The molecule has 6 heterocycles. The number of nitrogens with one attached hydrogen (secondary N) is 3. The summed E-state index contributed by atoms with van der Waals surface area (Å²) >= 11 is 0. The molecule has 3 N–H and O–H groups in total. The maximum absolute atomic E-state index is 14.8. The Morgan fingerprint density at radius 2 is 1.84 bits per heavy atom. The third kappa shape index (κ3) is 5.70. The summed E-state index contributed by atoms with van der Waals surface area (Å²) in [7, 11) is 0. The van der Waals surface area contributed by atoms with Crippen LogP contribution in [0.5, 0.6) is 0 Å². The first-order valence-corrected chi connectivity index (χ1v) is 14.9. The summed E-state index contributed by atoms with van der Waals surface area (Å²) in [5.41, 5.74) is 7.91. The van der Waals surface area contributed by atoms with Crippen LogP contribution in [0.3, 0.4) is 0 Å². The lowest BCUT2D eigenvalue weighted by molar-refractivity contribution is 0.334. The average molecular weight is 576 g/mol. The van der Waals surface area contributed by atoms with Crippen molar-refractivity contribution in [1.82, 2.24) is 40.0 Å². The van der Waals surface area contributed by atoms with Crippen molar-refractivity contribution in [2.45, 2.75) is 45.6 Å². The number of likely N-dealkylation sites (tertiary alicyclic amines) is 1. The maximum atomic E-state index is 14.8. The predicted molar refractivity (Wildman–Crippen MR) is 168 cm³/mol. The van der Waals surface area contributed by atoms with Crippen LogP contribution in [0, 0.1) is 5.82 Å². The van der Waals surface area contributed by atoms with E-state index in [4.69, 9.17) is 4.98 Å². The van der Waals surface area contributed by atoms with Crippen molar-refractivity contribution in [1.29, 1.82) is 0 Å². The molecule has 1 aliphatic rings. The summed E-state index contributed by atoms with van der Waals surface area (Å²) in [6.07, 6.45) is 11.5. The Balaban J connectivity index is 1.21. The minimum absolute atomic E-state index is 0.260. The summed E-state index contributed by atoms with van der Waals surface area (Å²) in [6, 6.07) is 11.4. The van der Waals surface area contributed by atoms with Crippen LogP contribution in [0.1, 0.15) is 38.7 Å². The minimum Gasteiger partial charge on any atom is -0.382 e. The second-order valence-electron chi connectivity index (χ2n) is 11.6. The van der Waals surface area contributed by atoms with Crippen LogP contribution in [0.4, 0.5) is 10.1 Å². The zero-order valence-electron chi connectivity index (χ0n) is 24.4. The van der Waals surface area contributed by atoms with Crippen molar-refractivity contribution in [3.05, 3.63) is 72.6 Å². The van der Waals surface area contributed by atoms with Gasteiger partial charge >= 0.3 is 0 Å². The highest BCUT2D eigenvalue weighted by molar-refractivity contribution is 5.97. The number of halogens is 1. The highest BCUT2D eigenvalue weighted by atomic mass is 19.1. The molecule has 1 saturated heterocycles. The Hall–Kier alpha value is -4.70. The van der Waals surface area contributed by atoms with E-state index in [-0.39, 0.29) is 5.82 Å². The number of hydrogen-bond donors (Lipinski definition) is 3. The van der Waals surface area contributed by atoms with E-state index in [1.54, 1.807) is 24.7 Å². The fourth-order valence-corrected chi connectivity index (χ4v) is 5.95. The molecule has 0 atom stereocenters. The molecule has 1 aromatic carbocycles. The predicted octanol–water partition coefficient (Wildman–Crippen LogP) is 6.61. The normalized spacial score (nSPS) is 14.0. The molecule has 0 bridgehead atoms. The van der Waals surface area contributed by atoms with Crippen molar-refractivity contribution in [2.75, 3.05) is 25.0 Å². The van der Waals surface area contributed by atoms with E-state index in [0.29, 0.717) is 28.8 Å². The Morgan fingerprint density at radius 3 is 2.70 bits per heavy atom. The van der Waals surface area contributed by atoms with Gasteiger partial charge in [0.1, 0.15) is 17.0 Å². The number of imidazole rings is 1. The number of aromatic nitrogens is 7.